The molecule has 14 heavy (non-hydrogen) atoms. The third-order valence-corrected chi connectivity index (χ3v) is 5.36. The van der Waals surface area contributed by atoms with Gasteiger partial charge in [-0.3, -0.25) is 0 Å². The van der Waals surface area contributed by atoms with Crippen LogP contribution in [0.15, 0.2) is 24.3 Å². The fourth-order valence-corrected chi connectivity index (χ4v) is 4.48. The lowest BCUT2D eigenvalue weighted by Crippen LogP contribution is -2.09. The number of rotatable bonds is 2. The highest BCUT2D eigenvalue weighted by Crippen LogP contribution is 2.32. The second-order valence-electron chi connectivity index (χ2n) is 3.71. The van der Waals surface area contributed by atoms with Crippen LogP contribution in [0.4, 0.5) is 0 Å². The Morgan fingerprint density at radius 3 is 2.43 bits per heavy atom. The summed E-state index contributed by atoms with van der Waals surface area (Å²) in [7, 11) is 0. The van der Waals surface area contributed by atoms with Gasteiger partial charge in [0.25, 0.3) is 0 Å². The van der Waals surface area contributed by atoms with Crippen LogP contribution in [0.1, 0.15) is 17.5 Å². The van der Waals surface area contributed by atoms with E-state index < -0.39 is 0 Å². The van der Waals surface area contributed by atoms with Crippen molar-refractivity contribution >= 4 is 23.5 Å². The SMILES string of the molecule is Cc1ccc(CC2SCCCS2)cc1. The monoisotopic (exact) mass is 224 g/mol. The van der Waals surface area contributed by atoms with Crippen LogP contribution in [0.2, 0.25) is 0 Å². The molecule has 1 aliphatic heterocycles. The molecule has 0 atom stereocenters. The Morgan fingerprint density at radius 2 is 1.79 bits per heavy atom. The van der Waals surface area contributed by atoms with Gasteiger partial charge in [0, 0.05) is 0 Å². The van der Waals surface area contributed by atoms with Crippen LogP contribution in [-0.2, 0) is 6.42 Å². The molecule has 0 aromatic heterocycles. The minimum absolute atomic E-state index is 0.798. The second kappa shape index (κ2) is 5.13. The molecule has 1 aromatic carbocycles. The van der Waals surface area contributed by atoms with Gasteiger partial charge < -0.3 is 0 Å². The van der Waals surface area contributed by atoms with Crippen molar-refractivity contribution in [2.75, 3.05) is 11.5 Å². The van der Waals surface area contributed by atoms with Crippen molar-refractivity contribution < 1.29 is 0 Å². The third-order valence-electron chi connectivity index (χ3n) is 2.42. The van der Waals surface area contributed by atoms with Crippen molar-refractivity contribution in [1.29, 1.82) is 0 Å². The average Bonchev–Trinajstić information content (AvgIpc) is 2.23. The van der Waals surface area contributed by atoms with E-state index in [4.69, 9.17) is 0 Å². The van der Waals surface area contributed by atoms with Crippen molar-refractivity contribution in [2.45, 2.75) is 24.3 Å². The molecule has 0 nitrogen and oxygen atoms in total. The Hall–Kier alpha value is -0.0800. The molecule has 0 amide bonds. The van der Waals surface area contributed by atoms with Crippen molar-refractivity contribution in [1.82, 2.24) is 0 Å². The average molecular weight is 224 g/mol. The van der Waals surface area contributed by atoms with Gasteiger partial charge in [0.2, 0.25) is 0 Å². The predicted octanol–water partition coefficient (Wildman–Crippen LogP) is 3.73. The van der Waals surface area contributed by atoms with Crippen LogP contribution in [0.5, 0.6) is 0 Å². The number of hydrogen-bond donors (Lipinski definition) is 0. The Morgan fingerprint density at radius 1 is 1.14 bits per heavy atom. The first kappa shape index (κ1) is 10.4. The fourth-order valence-electron chi connectivity index (χ4n) is 1.57. The Bertz CT molecular complexity index is 273. The van der Waals surface area contributed by atoms with Crippen LogP contribution >= 0.6 is 23.5 Å². The van der Waals surface area contributed by atoms with E-state index >= 15 is 0 Å². The zero-order chi connectivity index (χ0) is 9.80. The molecule has 1 saturated heterocycles. The predicted molar refractivity (Wildman–Crippen MR) is 68.2 cm³/mol. The lowest BCUT2D eigenvalue weighted by Gasteiger charge is -2.20. The molecule has 0 saturated carbocycles. The highest BCUT2D eigenvalue weighted by molar-refractivity contribution is 8.17. The number of aryl methyl sites for hydroxylation is 1. The van der Waals surface area contributed by atoms with Crippen molar-refractivity contribution in [3.05, 3.63) is 35.4 Å². The topological polar surface area (TPSA) is 0 Å². The van der Waals surface area contributed by atoms with Gasteiger partial charge in [0.15, 0.2) is 0 Å². The van der Waals surface area contributed by atoms with E-state index in [2.05, 4.69) is 54.7 Å². The van der Waals surface area contributed by atoms with Crippen LogP contribution in [0.25, 0.3) is 0 Å². The normalized spacial score (nSPS) is 18.4. The highest BCUT2D eigenvalue weighted by Gasteiger charge is 2.14. The molecular formula is C12H16S2. The first-order valence-corrected chi connectivity index (χ1v) is 7.23. The van der Waals surface area contributed by atoms with E-state index in [1.165, 1.54) is 35.5 Å². The van der Waals surface area contributed by atoms with Crippen LogP contribution in [0, 0.1) is 6.92 Å². The largest absolute Gasteiger partial charge is 0.147 e. The molecule has 1 aromatic rings. The van der Waals surface area contributed by atoms with E-state index in [0.717, 1.165) is 4.58 Å². The van der Waals surface area contributed by atoms with Gasteiger partial charge in [0.05, 0.1) is 4.58 Å². The lowest BCUT2D eigenvalue weighted by molar-refractivity contribution is 1.04. The zero-order valence-corrected chi connectivity index (χ0v) is 10.2. The van der Waals surface area contributed by atoms with Crippen molar-refractivity contribution in [2.24, 2.45) is 0 Å². The molecule has 2 heteroatoms. The fraction of sp³-hybridized carbons (Fsp3) is 0.500. The number of thioether (sulfide) groups is 2. The van der Waals surface area contributed by atoms with Crippen LogP contribution in [-0.4, -0.2) is 16.1 Å². The summed E-state index contributed by atoms with van der Waals surface area (Å²) in [4.78, 5) is 0. The summed E-state index contributed by atoms with van der Waals surface area (Å²) < 4.78 is 0.798. The third kappa shape index (κ3) is 2.96. The summed E-state index contributed by atoms with van der Waals surface area (Å²) in [6.45, 7) is 2.15. The minimum Gasteiger partial charge on any atom is -0.147 e. The van der Waals surface area contributed by atoms with Gasteiger partial charge in [-0.2, -0.15) is 0 Å². The molecule has 1 aliphatic rings. The molecule has 2 rings (SSSR count). The number of hydrogen-bond acceptors (Lipinski definition) is 2. The van der Waals surface area contributed by atoms with Crippen LogP contribution < -0.4 is 0 Å². The summed E-state index contributed by atoms with van der Waals surface area (Å²) >= 11 is 4.25. The molecule has 0 N–H and O–H groups in total. The molecule has 1 fully saturated rings. The maximum absolute atomic E-state index is 2.27. The molecule has 0 bridgehead atoms. The van der Waals surface area contributed by atoms with E-state index in [1.807, 2.05) is 0 Å². The molecule has 0 unspecified atom stereocenters. The highest BCUT2D eigenvalue weighted by atomic mass is 32.2. The van der Waals surface area contributed by atoms with E-state index in [0.29, 0.717) is 0 Å². The molecule has 76 valence electrons. The number of benzene rings is 1. The van der Waals surface area contributed by atoms with E-state index in [-0.39, 0.29) is 0 Å². The molecular weight excluding hydrogens is 208 g/mol. The maximum atomic E-state index is 2.27. The summed E-state index contributed by atoms with van der Waals surface area (Å²) in [5.74, 6) is 2.70. The molecule has 0 aliphatic carbocycles. The van der Waals surface area contributed by atoms with Gasteiger partial charge in [-0.1, -0.05) is 29.8 Å². The Labute approximate surface area is 94.9 Å². The summed E-state index contributed by atoms with van der Waals surface area (Å²) in [5.41, 5.74) is 2.85. The van der Waals surface area contributed by atoms with Crippen molar-refractivity contribution in [3.8, 4) is 0 Å². The van der Waals surface area contributed by atoms with Gasteiger partial charge >= 0.3 is 0 Å². The lowest BCUT2D eigenvalue weighted by atomic mass is 10.1. The summed E-state index contributed by atoms with van der Waals surface area (Å²) in [6, 6.07) is 8.97. The summed E-state index contributed by atoms with van der Waals surface area (Å²) in [6.07, 6.45) is 2.62. The molecule has 1 heterocycles. The maximum Gasteiger partial charge on any atom is 0.0542 e. The van der Waals surface area contributed by atoms with Crippen molar-refractivity contribution in [3.63, 3.8) is 0 Å². The zero-order valence-electron chi connectivity index (χ0n) is 8.53. The van der Waals surface area contributed by atoms with Gasteiger partial charge in [0.1, 0.15) is 0 Å². The Balaban J connectivity index is 1.92. The standard InChI is InChI=1S/C12H16S2/c1-10-3-5-11(6-4-10)9-12-13-7-2-8-14-12/h3-6,12H,2,7-9H2,1H3. The van der Waals surface area contributed by atoms with Crippen LogP contribution in [0.3, 0.4) is 0 Å². The van der Waals surface area contributed by atoms with Gasteiger partial charge in [-0.25, -0.2) is 0 Å². The van der Waals surface area contributed by atoms with Gasteiger partial charge in [-0.05, 0) is 36.8 Å². The molecule has 0 spiro atoms. The first-order valence-electron chi connectivity index (χ1n) is 5.13. The van der Waals surface area contributed by atoms with E-state index in [9.17, 15) is 0 Å². The van der Waals surface area contributed by atoms with E-state index in [1.54, 1.807) is 0 Å². The second-order valence-corrected chi connectivity index (χ2v) is 6.63. The quantitative estimate of drug-likeness (QED) is 0.750. The van der Waals surface area contributed by atoms with Gasteiger partial charge in [-0.15, -0.1) is 23.5 Å². The minimum atomic E-state index is 0.798. The first-order chi connectivity index (χ1) is 6.84. The smallest absolute Gasteiger partial charge is 0.0542 e. The Kier molecular flexibility index (Phi) is 3.82. The molecule has 0 radical (unpaired) electrons. The summed E-state index contributed by atoms with van der Waals surface area (Å²) in [5, 5.41) is 0.